The van der Waals surface area contributed by atoms with Crippen LogP contribution >= 0.6 is 0 Å². The van der Waals surface area contributed by atoms with Crippen molar-refractivity contribution in [3.8, 4) is 11.5 Å². The number of nitrogens with zero attached hydrogens (tertiary/aromatic N) is 2. The Morgan fingerprint density at radius 1 is 1.13 bits per heavy atom. The fourth-order valence-electron chi connectivity index (χ4n) is 3.50. The minimum absolute atomic E-state index is 0.0853. The van der Waals surface area contributed by atoms with Crippen molar-refractivity contribution in [1.82, 2.24) is 0 Å². The van der Waals surface area contributed by atoms with E-state index in [4.69, 9.17) is 9.47 Å². The topological polar surface area (TPSA) is 111 Å². The van der Waals surface area contributed by atoms with Crippen molar-refractivity contribution in [3.63, 3.8) is 0 Å². The molecule has 2 aromatic rings. The van der Waals surface area contributed by atoms with Crippen molar-refractivity contribution < 1.29 is 24.0 Å². The summed E-state index contributed by atoms with van der Waals surface area (Å²) in [6.07, 6.45) is 2.38. The van der Waals surface area contributed by atoms with Gasteiger partial charge in [-0.05, 0) is 43.5 Å². The van der Waals surface area contributed by atoms with E-state index in [1.165, 1.54) is 20.3 Å². The van der Waals surface area contributed by atoms with Crippen LogP contribution in [0.15, 0.2) is 30.3 Å². The Kier molecular flexibility index (Phi) is 6.20. The number of benzene rings is 2. The Balaban J connectivity index is 1.88. The molecule has 0 saturated carbocycles. The summed E-state index contributed by atoms with van der Waals surface area (Å²) >= 11 is 0. The molecule has 0 bridgehead atoms. The van der Waals surface area contributed by atoms with Gasteiger partial charge in [0.2, 0.25) is 5.91 Å². The average molecular weight is 413 g/mol. The van der Waals surface area contributed by atoms with E-state index in [0.29, 0.717) is 18.7 Å². The van der Waals surface area contributed by atoms with Crippen molar-refractivity contribution in [2.45, 2.75) is 26.2 Å². The van der Waals surface area contributed by atoms with E-state index in [1.54, 1.807) is 23.1 Å². The van der Waals surface area contributed by atoms with Crippen LogP contribution in [0.5, 0.6) is 11.5 Å². The number of hydrogen-bond acceptors (Lipinski definition) is 6. The molecule has 0 aromatic heterocycles. The van der Waals surface area contributed by atoms with E-state index < -0.39 is 16.5 Å². The first kappa shape index (κ1) is 21.1. The van der Waals surface area contributed by atoms with E-state index in [0.717, 1.165) is 30.2 Å². The number of methoxy groups -OCH3 is 2. The van der Waals surface area contributed by atoms with Crippen LogP contribution in [0.2, 0.25) is 0 Å². The number of piperidine rings is 1. The van der Waals surface area contributed by atoms with E-state index in [2.05, 4.69) is 5.32 Å². The van der Waals surface area contributed by atoms with Gasteiger partial charge in [0, 0.05) is 30.4 Å². The molecule has 9 nitrogen and oxygen atoms in total. The first-order valence-corrected chi connectivity index (χ1v) is 9.48. The maximum absolute atomic E-state index is 12.8. The molecule has 0 spiro atoms. The van der Waals surface area contributed by atoms with Gasteiger partial charge in [-0.25, -0.2) is 0 Å². The number of nitro groups is 1. The molecular weight excluding hydrogens is 390 g/mol. The zero-order valence-electron chi connectivity index (χ0n) is 17.1. The van der Waals surface area contributed by atoms with Gasteiger partial charge in [0.05, 0.1) is 25.2 Å². The summed E-state index contributed by atoms with van der Waals surface area (Å²) in [7, 11) is 2.74. The monoisotopic (exact) mass is 413 g/mol. The number of aryl methyl sites for hydroxylation is 1. The van der Waals surface area contributed by atoms with Gasteiger partial charge < -0.3 is 19.7 Å². The predicted molar refractivity (Wildman–Crippen MR) is 112 cm³/mol. The first-order valence-electron chi connectivity index (χ1n) is 9.48. The van der Waals surface area contributed by atoms with Gasteiger partial charge in [-0.15, -0.1) is 0 Å². The highest BCUT2D eigenvalue weighted by molar-refractivity contribution is 6.08. The fourth-order valence-corrected chi connectivity index (χ4v) is 3.50. The Morgan fingerprint density at radius 2 is 1.83 bits per heavy atom. The average Bonchev–Trinajstić information content (AvgIpc) is 2.73. The SMILES string of the molecule is COc1cc(C(=O)Nc2ccc(N3CCCCC3=O)c(C)c2)c([N+](=O)[O-])cc1OC. The summed E-state index contributed by atoms with van der Waals surface area (Å²) in [6, 6.07) is 7.62. The van der Waals surface area contributed by atoms with Crippen LogP contribution in [0.25, 0.3) is 0 Å². The lowest BCUT2D eigenvalue weighted by Gasteiger charge is -2.28. The maximum atomic E-state index is 12.8. The van der Waals surface area contributed by atoms with Crippen molar-refractivity contribution in [3.05, 3.63) is 51.6 Å². The molecule has 0 aliphatic carbocycles. The fraction of sp³-hybridized carbons (Fsp3) is 0.333. The molecule has 2 aromatic carbocycles. The lowest BCUT2D eigenvalue weighted by molar-refractivity contribution is -0.385. The van der Waals surface area contributed by atoms with E-state index in [-0.39, 0.29) is 23.0 Å². The number of nitrogens with one attached hydrogen (secondary N) is 1. The highest BCUT2D eigenvalue weighted by Gasteiger charge is 2.25. The second kappa shape index (κ2) is 8.81. The summed E-state index contributed by atoms with van der Waals surface area (Å²) in [5.41, 5.74) is 1.55. The number of amides is 2. The van der Waals surface area contributed by atoms with Crippen LogP contribution < -0.4 is 19.7 Å². The van der Waals surface area contributed by atoms with Crippen molar-refractivity contribution in [1.29, 1.82) is 0 Å². The standard InChI is InChI=1S/C21H23N3O6/c1-13-10-14(7-8-16(13)23-9-5-4-6-20(23)25)22-21(26)15-11-18(29-2)19(30-3)12-17(15)24(27)28/h7-8,10-12H,4-6,9H2,1-3H3,(H,22,26). The van der Waals surface area contributed by atoms with Gasteiger partial charge >= 0.3 is 0 Å². The number of rotatable bonds is 6. The molecule has 2 amide bonds. The number of hydrogen-bond donors (Lipinski definition) is 1. The molecule has 1 aliphatic heterocycles. The van der Waals surface area contributed by atoms with Crippen molar-refractivity contribution in [2.24, 2.45) is 0 Å². The summed E-state index contributed by atoms with van der Waals surface area (Å²) in [5.74, 6) is -0.193. The van der Waals surface area contributed by atoms with Crippen LogP contribution in [0, 0.1) is 17.0 Å². The Labute approximate surface area is 173 Å². The highest BCUT2D eigenvalue weighted by Crippen LogP contribution is 2.35. The molecule has 1 N–H and O–H groups in total. The normalized spacial score (nSPS) is 13.7. The summed E-state index contributed by atoms with van der Waals surface area (Å²) < 4.78 is 10.2. The van der Waals surface area contributed by atoms with Gasteiger partial charge in [0.1, 0.15) is 5.56 Å². The molecule has 1 aliphatic rings. The van der Waals surface area contributed by atoms with Crippen LogP contribution in [-0.4, -0.2) is 37.5 Å². The van der Waals surface area contributed by atoms with Crippen LogP contribution in [0.1, 0.15) is 35.2 Å². The van der Waals surface area contributed by atoms with Crippen LogP contribution in [0.4, 0.5) is 17.1 Å². The molecular formula is C21H23N3O6. The second-order valence-corrected chi connectivity index (χ2v) is 6.94. The van der Waals surface area contributed by atoms with E-state index >= 15 is 0 Å². The number of carbonyl (C=O) groups is 2. The number of carbonyl (C=O) groups excluding carboxylic acids is 2. The van der Waals surface area contributed by atoms with E-state index in [1.807, 2.05) is 6.92 Å². The lowest BCUT2D eigenvalue weighted by atomic mass is 10.1. The van der Waals surface area contributed by atoms with E-state index in [9.17, 15) is 19.7 Å². The van der Waals surface area contributed by atoms with Crippen LogP contribution in [-0.2, 0) is 4.79 Å². The van der Waals surface area contributed by atoms with Gasteiger partial charge in [0.25, 0.3) is 11.6 Å². The lowest BCUT2D eigenvalue weighted by Crippen LogP contribution is -2.35. The third-order valence-corrected chi connectivity index (χ3v) is 5.01. The zero-order chi connectivity index (χ0) is 21.8. The Bertz CT molecular complexity index is 1000. The molecule has 0 unspecified atom stereocenters. The first-order chi connectivity index (χ1) is 14.3. The smallest absolute Gasteiger partial charge is 0.286 e. The Morgan fingerprint density at radius 3 is 2.43 bits per heavy atom. The number of nitro benzene ring substituents is 1. The van der Waals surface area contributed by atoms with Gasteiger partial charge in [-0.1, -0.05) is 0 Å². The predicted octanol–water partition coefficient (Wildman–Crippen LogP) is 3.69. The molecule has 1 saturated heterocycles. The van der Waals surface area contributed by atoms with Gasteiger partial charge in [-0.3, -0.25) is 19.7 Å². The minimum atomic E-state index is -0.649. The highest BCUT2D eigenvalue weighted by atomic mass is 16.6. The molecule has 30 heavy (non-hydrogen) atoms. The molecule has 1 heterocycles. The number of anilines is 2. The van der Waals surface area contributed by atoms with Crippen molar-refractivity contribution >= 4 is 28.9 Å². The van der Waals surface area contributed by atoms with Gasteiger partial charge in [0.15, 0.2) is 11.5 Å². The van der Waals surface area contributed by atoms with Gasteiger partial charge in [-0.2, -0.15) is 0 Å². The summed E-state index contributed by atoms with van der Waals surface area (Å²) in [5, 5.41) is 14.1. The third kappa shape index (κ3) is 4.19. The molecule has 9 heteroatoms. The minimum Gasteiger partial charge on any atom is -0.493 e. The van der Waals surface area contributed by atoms with Crippen LogP contribution in [0.3, 0.4) is 0 Å². The molecule has 1 fully saturated rings. The third-order valence-electron chi connectivity index (χ3n) is 5.01. The maximum Gasteiger partial charge on any atom is 0.286 e. The molecule has 158 valence electrons. The molecule has 0 radical (unpaired) electrons. The molecule has 3 rings (SSSR count). The molecule has 0 atom stereocenters. The zero-order valence-corrected chi connectivity index (χ0v) is 17.1. The quantitative estimate of drug-likeness (QED) is 0.571. The van der Waals surface area contributed by atoms with Crippen molar-refractivity contribution in [2.75, 3.05) is 31.0 Å². The largest absolute Gasteiger partial charge is 0.493 e. The summed E-state index contributed by atoms with van der Waals surface area (Å²) in [4.78, 5) is 37.5. The Hall–Kier alpha value is -3.62. The number of ether oxygens (including phenoxy) is 2. The summed E-state index contributed by atoms with van der Waals surface area (Å²) in [6.45, 7) is 2.52. The second-order valence-electron chi connectivity index (χ2n) is 6.94.